The summed E-state index contributed by atoms with van der Waals surface area (Å²) in [5, 5.41) is 0.232. The summed E-state index contributed by atoms with van der Waals surface area (Å²) in [6, 6.07) is 0. The quantitative estimate of drug-likeness (QED) is 0.714. The molecule has 2 atom stereocenters. The summed E-state index contributed by atoms with van der Waals surface area (Å²) in [6.45, 7) is 12.6. The smallest absolute Gasteiger partial charge is 0.222 e. The number of halogens is 1. The molecule has 0 aromatic rings. The van der Waals surface area contributed by atoms with Gasteiger partial charge in [0.2, 0.25) is 5.91 Å². The Morgan fingerprint density at radius 3 is 2.17 bits per heavy atom. The number of hydrogen-bond donors (Lipinski definition) is 0. The summed E-state index contributed by atoms with van der Waals surface area (Å²) < 4.78 is 0. The molecule has 1 fully saturated rings. The zero-order valence-corrected chi connectivity index (χ0v) is 13.3. The van der Waals surface area contributed by atoms with Crippen LogP contribution in [0.2, 0.25) is 0 Å². The molecule has 0 N–H and O–H groups in total. The van der Waals surface area contributed by atoms with Crippen molar-refractivity contribution in [2.45, 2.75) is 59.3 Å². The molecule has 0 saturated carbocycles. The van der Waals surface area contributed by atoms with Crippen LogP contribution in [0, 0.1) is 17.3 Å². The van der Waals surface area contributed by atoms with Crippen LogP contribution in [0.4, 0.5) is 0 Å². The maximum atomic E-state index is 12.2. The fourth-order valence-electron chi connectivity index (χ4n) is 2.31. The van der Waals surface area contributed by atoms with Crippen LogP contribution in [-0.4, -0.2) is 29.3 Å². The molecule has 0 spiro atoms. The highest BCUT2D eigenvalue weighted by Crippen LogP contribution is 2.30. The van der Waals surface area contributed by atoms with Crippen molar-refractivity contribution in [1.82, 2.24) is 4.90 Å². The third-order valence-corrected chi connectivity index (χ3v) is 4.86. The molecule has 1 amide bonds. The highest BCUT2D eigenvalue weighted by Gasteiger charge is 2.28. The predicted octanol–water partition coefficient (Wildman–Crippen LogP) is 3.92. The average molecular weight is 274 g/mol. The van der Waals surface area contributed by atoms with Crippen molar-refractivity contribution < 1.29 is 4.79 Å². The van der Waals surface area contributed by atoms with E-state index in [4.69, 9.17) is 11.6 Å². The Balaban J connectivity index is 2.41. The van der Waals surface area contributed by atoms with Crippen LogP contribution in [0.5, 0.6) is 0 Å². The van der Waals surface area contributed by atoms with Crippen LogP contribution in [0.15, 0.2) is 0 Å². The topological polar surface area (TPSA) is 20.3 Å². The van der Waals surface area contributed by atoms with E-state index in [1.807, 2.05) is 4.90 Å². The van der Waals surface area contributed by atoms with Gasteiger partial charge in [-0.15, -0.1) is 11.6 Å². The Morgan fingerprint density at radius 2 is 1.78 bits per heavy atom. The Morgan fingerprint density at radius 1 is 1.28 bits per heavy atom. The molecule has 1 heterocycles. The Hall–Kier alpha value is -0.240. The van der Waals surface area contributed by atoms with Crippen molar-refractivity contribution in [1.29, 1.82) is 0 Å². The van der Waals surface area contributed by atoms with E-state index in [1.165, 1.54) is 0 Å². The number of piperidine rings is 1. The van der Waals surface area contributed by atoms with Gasteiger partial charge >= 0.3 is 0 Å². The Kier molecular flexibility index (Phi) is 5.51. The molecule has 18 heavy (non-hydrogen) atoms. The van der Waals surface area contributed by atoms with Crippen molar-refractivity contribution in [3.05, 3.63) is 0 Å². The number of carbonyl (C=O) groups is 1. The first-order valence-corrected chi connectivity index (χ1v) is 7.57. The van der Waals surface area contributed by atoms with Gasteiger partial charge in [0, 0.05) is 24.9 Å². The molecule has 0 aromatic heterocycles. The number of alkyl halides is 1. The second-order valence-corrected chi connectivity index (χ2v) is 7.56. The van der Waals surface area contributed by atoms with Crippen LogP contribution in [0.3, 0.4) is 0 Å². The molecule has 0 bridgehead atoms. The molecule has 106 valence electrons. The van der Waals surface area contributed by atoms with Crippen molar-refractivity contribution in [2.75, 3.05) is 13.1 Å². The minimum Gasteiger partial charge on any atom is -0.343 e. The summed E-state index contributed by atoms with van der Waals surface area (Å²) in [6.07, 6.45) is 2.78. The van der Waals surface area contributed by atoms with Gasteiger partial charge in [0.15, 0.2) is 0 Å². The van der Waals surface area contributed by atoms with Gasteiger partial charge in [0.25, 0.3) is 0 Å². The molecule has 3 heteroatoms. The van der Waals surface area contributed by atoms with Crippen molar-refractivity contribution >= 4 is 17.5 Å². The largest absolute Gasteiger partial charge is 0.343 e. The van der Waals surface area contributed by atoms with E-state index >= 15 is 0 Å². The maximum Gasteiger partial charge on any atom is 0.222 e. The number of nitrogens with zero attached hydrogens (tertiary/aromatic N) is 1. The maximum absolute atomic E-state index is 12.2. The van der Waals surface area contributed by atoms with Crippen molar-refractivity contribution in [3.63, 3.8) is 0 Å². The lowest BCUT2D eigenvalue weighted by Gasteiger charge is -2.35. The molecular formula is C15H28ClNO. The molecule has 2 unspecified atom stereocenters. The van der Waals surface area contributed by atoms with E-state index < -0.39 is 0 Å². The van der Waals surface area contributed by atoms with E-state index in [9.17, 15) is 4.79 Å². The zero-order valence-electron chi connectivity index (χ0n) is 12.5. The highest BCUT2D eigenvalue weighted by molar-refractivity contribution is 6.20. The number of carbonyl (C=O) groups excluding carboxylic acids is 1. The van der Waals surface area contributed by atoms with Crippen LogP contribution in [-0.2, 0) is 4.79 Å². The predicted molar refractivity (Wildman–Crippen MR) is 77.9 cm³/mol. The van der Waals surface area contributed by atoms with Crippen LogP contribution in [0.1, 0.15) is 53.9 Å². The first-order chi connectivity index (χ1) is 8.21. The van der Waals surface area contributed by atoms with Gasteiger partial charge in [-0.25, -0.2) is 0 Å². The molecule has 1 saturated heterocycles. The second kappa shape index (κ2) is 6.27. The van der Waals surface area contributed by atoms with E-state index in [0.717, 1.165) is 25.9 Å². The normalized spacial score (nSPS) is 21.8. The van der Waals surface area contributed by atoms with Gasteiger partial charge in [-0.2, -0.15) is 0 Å². The Bertz CT molecular complexity index is 275. The molecule has 1 rings (SSSR count). The van der Waals surface area contributed by atoms with Gasteiger partial charge in [-0.1, -0.05) is 27.7 Å². The zero-order chi connectivity index (χ0) is 13.9. The fourth-order valence-corrected chi connectivity index (χ4v) is 2.56. The number of amides is 1. The standard InChI is InChI=1S/C15H28ClNO/c1-11(15(3,4)5)10-14(18)17-8-6-13(7-9-17)12(2)16/h11-13H,6-10H2,1-5H3. The highest BCUT2D eigenvalue weighted by atomic mass is 35.5. The second-order valence-electron chi connectivity index (χ2n) is 6.87. The minimum absolute atomic E-state index is 0.207. The third kappa shape index (κ3) is 4.46. The monoisotopic (exact) mass is 273 g/mol. The van der Waals surface area contributed by atoms with E-state index in [0.29, 0.717) is 24.2 Å². The van der Waals surface area contributed by atoms with Crippen LogP contribution in [0.25, 0.3) is 0 Å². The summed E-state index contributed by atoms with van der Waals surface area (Å²) in [4.78, 5) is 14.3. The fraction of sp³-hybridized carbons (Fsp3) is 0.933. The molecule has 1 aliphatic rings. The summed E-state index contributed by atoms with van der Waals surface area (Å²) in [5.74, 6) is 1.32. The van der Waals surface area contributed by atoms with E-state index in [2.05, 4.69) is 34.6 Å². The molecule has 0 aliphatic carbocycles. The summed E-state index contributed by atoms with van der Waals surface area (Å²) in [7, 11) is 0. The van der Waals surface area contributed by atoms with Crippen molar-refractivity contribution in [3.8, 4) is 0 Å². The van der Waals surface area contributed by atoms with E-state index in [-0.39, 0.29) is 10.8 Å². The third-order valence-electron chi connectivity index (χ3n) is 4.50. The first-order valence-electron chi connectivity index (χ1n) is 7.13. The number of rotatable bonds is 3. The van der Waals surface area contributed by atoms with Gasteiger partial charge < -0.3 is 4.90 Å². The van der Waals surface area contributed by atoms with E-state index in [1.54, 1.807) is 0 Å². The lowest BCUT2D eigenvalue weighted by atomic mass is 9.80. The lowest BCUT2D eigenvalue weighted by molar-refractivity contribution is -0.134. The van der Waals surface area contributed by atoms with Gasteiger partial charge in [0.1, 0.15) is 0 Å². The lowest BCUT2D eigenvalue weighted by Crippen LogP contribution is -2.41. The minimum atomic E-state index is 0.207. The van der Waals surface area contributed by atoms with Crippen molar-refractivity contribution in [2.24, 2.45) is 17.3 Å². The molecule has 0 radical (unpaired) electrons. The Labute approximate surface area is 117 Å². The first kappa shape index (κ1) is 15.8. The number of hydrogen-bond acceptors (Lipinski definition) is 1. The molecule has 0 aromatic carbocycles. The number of likely N-dealkylation sites (tertiary alicyclic amines) is 1. The van der Waals surface area contributed by atoms with Gasteiger partial charge in [0.05, 0.1) is 0 Å². The molecular weight excluding hydrogens is 246 g/mol. The summed E-state index contributed by atoms with van der Waals surface area (Å²) >= 11 is 6.12. The SMILES string of the molecule is CC(Cl)C1CCN(C(=O)CC(C)C(C)(C)C)CC1. The van der Waals surface area contributed by atoms with Crippen LogP contribution < -0.4 is 0 Å². The summed E-state index contributed by atoms with van der Waals surface area (Å²) in [5.41, 5.74) is 0.207. The van der Waals surface area contributed by atoms with Crippen LogP contribution >= 0.6 is 11.6 Å². The average Bonchev–Trinajstić information content (AvgIpc) is 2.27. The molecule has 2 nitrogen and oxygen atoms in total. The van der Waals surface area contributed by atoms with Gasteiger partial charge in [-0.05, 0) is 37.0 Å². The molecule has 1 aliphatic heterocycles. The van der Waals surface area contributed by atoms with Gasteiger partial charge in [-0.3, -0.25) is 4.79 Å².